The quantitative estimate of drug-likeness (QED) is 0.781. The third-order valence-corrected chi connectivity index (χ3v) is 3.28. The second-order valence-corrected chi connectivity index (χ2v) is 4.10. The lowest BCUT2D eigenvalue weighted by Gasteiger charge is -2.35. The number of anilines is 1. The highest BCUT2D eigenvalue weighted by atomic mass is 35.5. The van der Waals surface area contributed by atoms with Crippen molar-refractivity contribution < 1.29 is 4.74 Å². The zero-order valence-electron chi connectivity index (χ0n) is 7.94. The van der Waals surface area contributed by atoms with Crippen LogP contribution in [0.2, 0.25) is 5.15 Å². The van der Waals surface area contributed by atoms with Gasteiger partial charge in [0.15, 0.2) is 11.0 Å². The summed E-state index contributed by atoms with van der Waals surface area (Å²) in [5, 5.41) is 0.510. The predicted octanol–water partition coefficient (Wildman–Crippen LogP) is 1.81. The van der Waals surface area contributed by atoms with Crippen LogP contribution in [0.1, 0.15) is 13.3 Å². The molecule has 6 heteroatoms. The van der Waals surface area contributed by atoms with Crippen molar-refractivity contribution in [1.82, 2.24) is 8.75 Å². The lowest BCUT2D eigenvalue weighted by atomic mass is 10.2. The molecule has 0 saturated carbocycles. The molecular weight excluding hydrogens is 222 g/mol. The van der Waals surface area contributed by atoms with E-state index in [2.05, 4.69) is 20.6 Å². The summed E-state index contributed by atoms with van der Waals surface area (Å²) in [6, 6.07) is 0.380. The summed E-state index contributed by atoms with van der Waals surface area (Å²) >= 11 is 7.11. The summed E-state index contributed by atoms with van der Waals surface area (Å²) < 4.78 is 13.6. The van der Waals surface area contributed by atoms with Gasteiger partial charge in [-0.3, -0.25) is 0 Å². The maximum absolute atomic E-state index is 5.95. The molecule has 0 radical (unpaired) electrons. The van der Waals surface area contributed by atoms with Gasteiger partial charge in [-0.2, -0.15) is 8.75 Å². The first-order chi connectivity index (χ1) is 6.83. The largest absolute Gasteiger partial charge is 0.377 e. The minimum absolute atomic E-state index is 0.380. The molecule has 0 aromatic carbocycles. The van der Waals surface area contributed by atoms with Crippen molar-refractivity contribution in [3.63, 3.8) is 0 Å². The van der Waals surface area contributed by atoms with E-state index in [0.29, 0.717) is 11.2 Å². The fraction of sp³-hybridized carbons (Fsp3) is 0.750. The summed E-state index contributed by atoms with van der Waals surface area (Å²) in [7, 11) is 0. The van der Waals surface area contributed by atoms with Crippen LogP contribution in [0.4, 0.5) is 5.82 Å². The van der Waals surface area contributed by atoms with Gasteiger partial charge in [-0.1, -0.05) is 18.5 Å². The molecule has 0 N–H and O–H groups in total. The Morgan fingerprint density at radius 2 is 2.50 bits per heavy atom. The first-order valence-electron chi connectivity index (χ1n) is 4.65. The molecule has 1 aliphatic rings. The summed E-state index contributed by atoms with van der Waals surface area (Å²) in [5.74, 6) is 0.812. The van der Waals surface area contributed by atoms with Gasteiger partial charge in [0.1, 0.15) is 0 Å². The lowest BCUT2D eigenvalue weighted by Crippen LogP contribution is -2.45. The Morgan fingerprint density at radius 1 is 1.64 bits per heavy atom. The summed E-state index contributed by atoms with van der Waals surface area (Å²) in [4.78, 5) is 2.19. The van der Waals surface area contributed by atoms with Crippen molar-refractivity contribution >= 4 is 29.1 Å². The van der Waals surface area contributed by atoms with Crippen molar-refractivity contribution in [2.45, 2.75) is 19.4 Å². The standard InChI is InChI=1S/C8H12ClN3OS/c1-2-6-5-13-4-3-12(6)8-7(9)10-14-11-8/h6H,2-5H2,1H3. The zero-order chi connectivity index (χ0) is 9.97. The molecule has 78 valence electrons. The lowest BCUT2D eigenvalue weighted by molar-refractivity contribution is 0.0926. The molecule has 14 heavy (non-hydrogen) atoms. The normalized spacial score (nSPS) is 22.7. The summed E-state index contributed by atoms with van der Waals surface area (Å²) in [6.07, 6.45) is 1.04. The van der Waals surface area contributed by atoms with Crippen LogP contribution >= 0.6 is 23.3 Å². The number of rotatable bonds is 2. The highest BCUT2D eigenvalue weighted by Gasteiger charge is 2.25. The Bertz CT molecular complexity index is 307. The van der Waals surface area contributed by atoms with Gasteiger partial charge in [-0.15, -0.1) is 0 Å². The van der Waals surface area contributed by atoms with E-state index in [4.69, 9.17) is 16.3 Å². The molecule has 4 nitrogen and oxygen atoms in total. The average Bonchev–Trinajstić information content (AvgIpc) is 2.64. The highest BCUT2D eigenvalue weighted by molar-refractivity contribution is 6.99. The molecule has 0 spiro atoms. The molecule has 1 aromatic heterocycles. The van der Waals surface area contributed by atoms with Gasteiger partial charge < -0.3 is 9.64 Å². The Morgan fingerprint density at radius 3 is 3.14 bits per heavy atom. The molecule has 2 heterocycles. The molecule has 1 aliphatic heterocycles. The fourth-order valence-electron chi connectivity index (χ4n) is 1.62. The molecule has 2 rings (SSSR count). The third-order valence-electron chi connectivity index (χ3n) is 2.40. The molecular formula is C8H12ClN3OS. The highest BCUT2D eigenvalue weighted by Crippen LogP contribution is 2.26. The minimum atomic E-state index is 0.380. The number of hydrogen-bond donors (Lipinski definition) is 0. The van der Waals surface area contributed by atoms with Crippen LogP contribution in [-0.4, -0.2) is 34.5 Å². The van der Waals surface area contributed by atoms with E-state index in [-0.39, 0.29) is 0 Å². The van der Waals surface area contributed by atoms with Crippen LogP contribution in [0.15, 0.2) is 0 Å². The van der Waals surface area contributed by atoms with E-state index < -0.39 is 0 Å². The number of halogens is 1. The maximum atomic E-state index is 5.95. The van der Waals surface area contributed by atoms with Crippen LogP contribution in [-0.2, 0) is 4.74 Å². The van der Waals surface area contributed by atoms with Gasteiger partial charge >= 0.3 is 0 Å². The molecule has 1 aromatic rings. The van der Waals surface area contributed by atoms with Gasteiger partial charge in [-0.05, 0) is 6.42 Å². The molecule has 0 aliphatic carbocycles. The topological polar surface area (TPSA) is 38.2 Å². The number of morpholine rings is 1. The van der Waals surface area contributed by atoms with E-state index in [0.717, 1.165) is 43.7 Å². The van der Waals surface area contributed by atoms with E-state index in [1.165, 1.54) is 0 Å². The van der Waals surface area contributed by atoms with Gasteiger partial charge in [0, 0.05) is 6.54 Å². The van der Waals surface area contributed by atoms with Crippen LogP contribution in [0.25, 0.3) is 0 Å². The molecule has 0 bridgehead atoms. The smallest absolute Gasteiger partial charge is 0.187 e. The van der Waals surface area contributed by atoms with E-state index in [1.54, 1.807) is 0 Å². The molecule has 1 fully saturated rings. The summed E-state index contributed by atoms with van der Waals surface area (Å²) in [6.45, 7) is 4.48. The molecule has 1 saturated heterocycles. The van der Waals surface area contributed by atoms with Crippen molar-refractivity contribution in [1.29, 1.82) is 0 Å². The van der Waals surface area contributed by atoms with Crippen LogP contribution in [0.3, 0.4) is 0 Å². The van der Waals surface area contributed by atoms with Crippen molar-refractivity contribution in [2.24, 2.45) is 0 Å². The Balaban J connectivity index is 2.19. The summed E-state index contributed by atoms with van der Waals surface area (Å²) in [5.41, 5.74) is 0. The molecule has 1 atom stereocenters. The zero-order valence-corrected chi connectivity index (χ0v) is 9.51. The fourth-order valence-corrected chi connectivity index (χ4v) is 2.37. The van der Waals surface area contributed by atoms with Crippen LogP contribution < -0.4 is 4.90 Å². The van der Waals surface area contributed by atoms with Crippen LogP contribution in [0, 0.1) is 0 Å². The van der Waals surface area contributed by atoms with Gasteiger partial charge in [0.25, 0.3) is 0 Å². The predicted molar refractivity (Wildman–Crippen MR) is 57.2 cm³/mol. The minimum Gasteiger partial charge on any atom is -0.377 e. The van der Waals surface area contributed by atoms with E-state index in [9.17, 15) is 0 Å². The Hall–Kier alpha value is -0.390. The second-order valence-electron chi connectivity index (χ2n) is 3.21. The maximum Gasteiger partial charge on any atom is 0.187 e. The van der Waals surface area contributed by atoms with Gasteiger partial charge in [0.05, 0.1) is 31.0 Å². The van der Waals surface area contributed by atoms with Gasteiger partial charge in [-0.25, -0.2) is 0 Å². The van der Waals surface area contributed by atoms with Gasteiger partial charge in [0.2, 0.25) is 0 Å². The van der Waals surface area contributed by atoms with Crippen molar-refractivity contribution in [2.75, 3.05) is 24.7 Å². The van der Waals surface area contributed by atoms with Crippen molar-refractivity contribution in [3.8, 4) is 0 Å². The van der Waals surface area contributed by atoms with E-state index >= 15 is 0 Å². The molecule has 1 unspecified atom stereocenters. The van der Waals surface area contributed by atoms with E-state index in [1.807, 2.05) is 0 Å². The first kappa shape index (κ1) is 10.1. The first-order valence-corrected chi connectivity index (χ1v) is 5.76. The number of hydrogen-bond acceptors (Lipinski definition) is 5. The SMILES string of the molecule is CCC1COCCN1c1nsnc1Cl. The Kier molecular flexibility index (Phi) is 3.20. The molecule has 0 amide bonds. The number of aromatic nitrogens is 2. The average molecular weight is 234 g/mol. The Labute approximate surface area is 92.2 Å². The monoisotopic (exact) mass is 233 g/mol. The van der Waals surface area contributed by atoms with Crippen molar-refractivity contribution in [3.05, 3.63) is 5.15 Å². The number of ether oxygens (including phenoxy) is 1. The van der Waals surface area contributed by atoms with Crippen LogP contribution in [0.5, 0.6) is 0 Å². The number of nitrogens with zero attached hydrogens (tertiary/aromatic N) is 3. The third kappa shape index (κ3) is 1.85. The second kappa shape index (κ2) is 4.42.